The second-order valence-corrected chi connectivity index (χ2v) is 11.8. The molecule has 214 valence electrons. The number of nitrogens with one attached hydrogen (secondary N) is 2. The van der Waals surface area contributed by atoms with Crippen LogP contribution in [0.25, 0.3) is 6.08 Å². The third kappa shape index (κ3) is 7.00. The third-order valence-corrected chi connectivity index (χ3v) is 8.86. The summed E-state index contributed by atoms with van der Waals surface area (Å²) in [6.45, 7) is 2.04. The molecule has 0 radical (unpaired) electrons. The monoisotopic (exact) mass is 591 g/mol. The van der Waals surface area contributed by atoms with Crippen LogP contribution in [0.3, 0.4) is 0 Å². The number of benzene rings is 3. The fourth-order valence-corrected chi connectivity index (χ4v) is 6.70. The minimum Gasteiger partial charge on any atom is -0.493 e. The lowest BCUT2D eigenvalue weighted by Crippen LogP contribution is -2.48. The molecule has 0 aromatic heterocycles. The Balaban J connectivity index is 1.32. The van der Waals surface area contributed by atoms with Crippen molar-refractivity contribution >= 4 is 52.6 Å². The third-order valence-electron chi connectivity index (χ3n) is 7.42. The van der Waals surface area contributed by atoms with Gasteiger partial charge in [0.2, 0.25) is 0 Å². The number of halogens is 1. The lowest BCUT2D eigenvalue weighted by molar-refractivity contribution is -0.129. The van der Waals surface area contributed by atoms with Gasteiger partial charge in [0.15, 0.2) is 23.6 Å². The quantitative estimate of drug-likeness (QED) is 0.255. The molecule has 2 fully saturated rings. The van der Waals surface area contributed by atoms with Crippen molar-refractivity contribution in [2.75, 3.05) is 24.4 Å². The van der Waals surface area contributed by atoms with Gasteiger partial charge in [-0.3, -0.25) is 9.59 Å². The zero-order chi connectivity index (χ0) is 28.8. The van der Waals surface area contributed by atoms with Gasteiger partial charge in [-0.2, -0.15) is 0 Å². The lowest BCUT2D eigenvalue weighted by Gasteiger charge is -2.39. The molecule has 3 aromatic rings. The predicted octanol–water partition coefficient (Wildman–Crippen LogP) is 7.26. The number of amides is 2. The molecule has 1 aliphatic heterocycles. The van der Waals surface area contributed by atoms with Crippen LogP contribution in [-0.4, -0.2) is 42.0 Å². The first-order valence-corrected chi connectivity index (χ1v) is 15.1. The van der Waals surface area contributed by atoms with Crippen LogP contribution in [-0.2, 0) is 9.59 Å². The van der Waals surface area contributed by atoms with Crippen molar-refractivity contribution in [3.8, 4) is 11.5 Å². The Morgan fingerprint density at radius 2 is 1.80 bits per heavy atom. The normalized spacial score (nSPS) is 21.5. The van der Waals surface area contributed by atoms with E-state index < -0.39 is 0 Å². The van der Waals surface area contributed by atoms with Crippen molar-refractivity contribution in [3.05, 3.63) is 88.3 Å². The van der Waals surface area contributed by atoms with E-state index in [-0.39, 0.29) is 30.0 Å². The molecule has 1 saturated heterocycles. The topological polar surface area (TPSA) is 79.9 Å². The van der Waals surface area contributed by atoms with Gasteiger partial charge >= 0.3 is 0 Å². The molecule has 0 spiro atoms. The Morgan fingerprint density at radius 1 is 1.05 bits per heavy atom. The molecule has 5 rings (SSSR count). The Morgan fingerprint density at radius 3 is 2.56 bits per heavy atom. The number of hydrogen-bond acceptors (Lipinski definition) is 6. The van der Waals surface area contributed by atoms with E-state index >= 15 is 0 Å². The number of anilines is 2. The molecule has 1 aliphatic carbocycles. The number of nitrogens with zero attached hydrogens (tertiary/aromatic N) is 1. The molecule has 2 N–H and O–H groups in total. The molecule has 1 unspecified atom stereocenters. The highest BCUT2D eigenvalue weighted by atomic mass is 35.5. The van der Waals surface area contributed by atoms with E-state index in [1.54, 1.807) is 37.4 Å². The summed E-state index contributed by atoms with van der Waals surface area (Å²) in [5.74, 6) is 1.04. The van der Waals surface area contributed by atoms with Crippen molar-refractivity contribution in [1.82, 2.24) is 4.90 Å². The molecule has 3 atom stereocenters. The van der Waals surface area contributed by atoms with Gasteiger partial charge in [-0.15, -0.1) is 0 Å². The standard InChI is InChI=1S/C32H34ClN3O4S/c1-21-10-6-9-15-26(21)36-31(38)29(41-32(36)34-23-11-4-3-5-12-23)19-22-16-17-27(28(18-22)39-2)40-20-30(37)35-25-14-8-7-13-24(25)33/h3-5,7-8,11-14,16-19,21,26,32,34H,6,9-10,15,20H2,1-2H3,(H,35,37)/b29-19-/t21-,26-,32?/m1/s1. The average Bonchev–Trinajstić information content (AvgIpc) is 3.27. The number of carbonyl (C=O) groups excluding carboxylic acids is 2. The van der Waals surface area contributed by atoms with Gasteiger partial charge in [0.05, 0.1) is 22.7 Å². The zero-order valence-corrected chi connectivity index (χ0v) is 24.7. The zero-order valence-electron chi connectivity index (χ0n) is 23.1. The van der Waals surface area contributed by atoms with E-state index in [1.807, 2.05) is 53.4 Å². The van der Waals surface area contributed by atoms with Gasteiger partial charge in [-0.05, 0) is 66.8 Å². The number of thioether (sulfide) groups is 1. The van der Waals surface area contributed by atoms with Crippen LogP contribution in [0.4, 0.5) is 11.4 Å². The Labute approximate surface area is 250 Å². The van der Waals surface area contributed by atoms with Crippen LogP contribution >= 0.6 is 23.4 Å². The van der Waals surface area contributed by atoms with Gasteiger partial charge in [-0.1, -0.05) is 79.5 Å². The number of rotatable bonds is 9. The smallest absolute Gasteiger partial charge is 0.262 e. The molecule has 1 heterocycles. The molecule has 41 heavy (non-hydrogen) atoms. The Kier molecular flexibility index (Phi) is 9.42. The van der Waals surface area contributed by atoms with E-state index in [2.05, 4.69) is 17.6 Å². The number of carbonyl (C=O) groups is 2. The van der Waals surface area contributed by atoms with Crippen molar-refractivity contribution in [1.29, 1.82) is 0 Å². The molecular weight excluding hydrogens is 558 g/mol. The number of hydrogen-bond donors (Lipinski definition) is 2. The van der Waals surface area contributed by atoms with Crippen molar-refractivity contribution in [2.45, 2.75) is 44.1 Å². The van der Waals surface area contributed by atoms with Crippen molar-refractivity contribution < 1.29 is 19.1 Å². The van der Waals surface area contributed by atoms with Gasteiger partial charge in [0.25, 0.3) is 11.8 Å². The number of para-hydroxylation sites is 2. The van der Waals surface area contributed by atoms with E-state index in [9.17, 15) is 9.59 Å². The van der Waals surface area contributed by atoms with Crippen molar-refractivity contribution in [3.63, 3.8) is 0 Å². The predicted molar refractivity (Wildman–Crippen MR) is 166 cm³/mol. The van der Waals surface area contributed by atoms with Crippen LogP contribution < -0.4 is 20.1 Å². The highest BCUT2D eigenvalue weighted by molar-refractivity contribution is 8.05. The molecule has 9 heteroatoms. The first-order valence-electron chi connectivity index (χ1n) is 13.8. The maximum atomic E-state index is 13.8. The summed E-state index contributed by atoms with van der Waals surface area (Å²) in [4.78, 5) is 28.9. The fraction of sp³-hybridized carbons (Fsp3) is 0.312. The molecule has 3 aromatic carbocycles. The van der Waals surface area contributed by atoms with Crippen molar-refractivity contribution in [2.24, 2.45) is 5.92 Å². The maximum absolute atomic E-state index is 13.8. The van der Waals surface area contributed by atoms with E-state index in [4.69, 9.17) is 21.1 Å². The molecule has 2 amide bonds. The van der Waals surface area contributed by atoms with E-state index in [1.165, 1.54) is 18.2 Å². The minimum absolute atomic E-state index is 0.0396. The van der Waals surface area contributed by atoms with Gasteiger partial charge in [-0.25, -0.2) is 0 Å². The second-order valence-electron chi connectivity index (χ2n) is 10.3. The summed E-state index contributed by atoms with van der Waals surface area (Å²) in [7, 11) is 1.55. The maximum Gasteiger partial charge on any atom is 0.262 e. The Bertz CT molecular complexity index is 1420. The Hall–Kier alpha value is -3.62. The minimum atomic E-state index is -0.340. The summed E-state index contributed by atoms with van der Waals surface area (Å²) >= 11 is 7.66. The first-order chi connectivity index (χ1) is 19.9. The summed E-state index contributed by atoms with van der Waals surface area (Å²) in [5, 5.41) is 6.76. The van der Waals surface area contributed by atoms with E-state index in [0.717, 1.165) is 30.5 Å². The number of ether oxygens (including phenoxy) is 2. The summed E-state index contributed by atoms with van der Waals surface area (Å²) in [6, 6.07) is 22.6. The second kappa shape index (κ2) is 13.4. The largest absolute Gasteiger partial charge is 0.493 e. The van der Waals surface area contributed by atoms with Gasteiger partial charge < -0.3 is 25.0 Å². The summed E-state index contributed by atoms with van der Waals surface area (Å²) in [6.07, 6.45) is 6.39. The molecule has 0 bridgehead atoms. The molecular formula is C32H34ClN3O4S. The summed E-state index contributed by atoms with van der Waals surface area (Å²) in [5.41, 5.74) is 2.12. The lowest BCUT2D eigenvalue weighted by atomic mass is 9.85. The highest BCUT2D eigenvalue weighted by Crippen LogP contribution is 2.42. The fourth-order valence-electron chi connectivity index (χ4n) is 5.30. The van der Waals surface area contributed by atoms with Crippen LogP contribution in [0.5, 0.6) is 11.5 Å². The van der Waals surface area contributed by atoms with E-state index in [0.29, 0.717) is 33.0 Å². The van der Waals surface area contributed by atoms with Crippen LogP contribution in [0, 0.1) is 5.92 Å². The first kappa shape index (κ1) is 28.9. The van der Waals surface area contributed by atoms with Gasteiger partial charge in [0.1, 0.15) is 0 Å². The molecule has 2 aliphatic rings. The van der Waals surface area contributed by atoms with Crippen LogP contribution in [0.2, 0.25) is 5.02 Å². The average molecular weight is 592 g/mol. The van der Waals surface area contributed by atoms with Crippen LogP contribution in [0.1, 0.15) is 38.2 Å². The van der Waals surface area contributed by atoms with Gasteiger partial charge in [0, 0.05) is 11.7 Å². The summed E-state index contributed by atoms with van der Waals surface area (Å²) < 4.78 is 11.3. The van der Waals surface area contributed by atoms with Crippen LogP contribution in [0.15, 0.2) is 77.7 Å². The number of methoxy groups -OCH3 is 1. The molecule has 7 nitrogen and oxygen atoms in total. The molecule has 1 saturated carbocycles. The highest BCUT2D eigenvalue weighted by Gasteiger charge is 2.42. The SMILES string of the molecule is COc1cc(/C=C2\SC(Nc3ccccc3)N([C@@H]3CCCC[C@H]3C)C2=O)ccc1OCC(=O)Nc1ccccc1Cl.